The second-order valence-corrected chi connectivity index (χ2v) is 7.05. The average molecular weight is 374 g/mol. The smallest absolute Gasteiger partial charge is 0.270 e. The number of ether oxygens (including phenoxy) is 2. The van der Waals surface area contributed by atoms with Crippen LogP contribution in [0.3, 0.4) is 0 Å². The molecule has 0 saturated carbocycles. The zero-order valence-electron chi connectivity index (χ0n) is 13.9. The Hall–Kier alpha value is -2.38. The van der Waals surface area contributed by atoms with Crippen LogP contribution in [0.2, 0.25) is 0 Å². The molecule has 0 aliphatic rings. The number of thiazole rings is 1. The van der Waals surface area contributed by atoms with Crippen LogP contribution in [0, 0.1) is 0 Å². The standard InChI is InChI=1S/C18H18N2O3S2/c1-22-15-7-3-6-13(16(15)23-2)18-20-14(11-25-18)17(21)19-9-8-12-5-4-10-24-12/h3-7,10-11H,8-9H2,1-2H3,(H,19,21). The van der Waals surface area contributed by atoms with E-state index in [9.17, 15) is 4.79 Å². The van der Waals surface area contributed by atoms with Gasteiger partial charge in [-0.15, -0.1) is 22.7 Å². The zero-order valence-corrected chi connectivity index (χ0v) is 15.6. The number of carbonyl (C=O) groups is 1. The van der Waals surface area contributed by atoms with Gasteiger partial charge in [-0.3, -0.25) is 4.79 Å². The molecular weight excluding hydrogens is 356 g/mol. The molecule has 25 heavy (non-hydrogen) atoms. The number of hydrogen-bond donors (Lipinski definition) is 1. The van der Waals surface area contributed by atoms with Crippen LogP contribution in [0.4, 0.5) is 0 Å². The summed E-state index contributed by atoms with van der Waals surface area (Å²) in [6.07, 6.45) is 0.824. The number of aromatic nitrogens is 1. The summed E-state index contributed by atoms with van der Waals surface area (Å²) >= 11 is 3.09. The fourth-order valence-electron chi connectivity index (χ4n) is 2.40. The molecule has 0 radical (unpaired) electrons. The van der Waals surface area contributed by atoms with E-state index >= 15 is 0 Å². The molecule has 0 aliphatic carbocycles. The molecule has 0 atom stereocenters. The first-order valence-corrected chi connectivity index (χ1v) is 9.46. The van der Waals surface area contributed by atoms with Gasteiger partial charge in [-0.05, 0) is 30.0 Å². The van der Waals surface area contributed by atoms with Crippen LogP contribution in [0.5, 0.6) is 11.5 Å². The topological polar surface area (TPSA) is 60.5 Å². The van der Waals surface area contributed by atoms with Gasteiger partial charge < -0.3 is 14.8 Å². The Kier molecular flexibility index (Phi) is 5.67. The van der Waals surface area contributed by atoms with Gasteiger partial charge in [-0.1, -0.05) is 12.1 Å². The molecule has 3 aromatic rings. The van der Waals surface area contributed by atoms with E-state index in [4.69, 9.17) is 9.47 Å². The van der Waals surface area contributed by atoms with Crippen molar-refractivity contribution in [3.05, 3.63) is 51.7 Å². The number of methoxy groups -OCH3 is 2. The van der Waals surface area contributed by atoms with Gasteiger partial charge in [-0.25, -0.2) is 4.98 Å². The Morgan fingerprint density at radius 2 is 2.04 bits per heavy atom. The Labute approximate surface area is 154 Å². The third-order valence-electron chi connectivity index (χ3n) is 3.61. The van der Waals surface area contributed by atoms with Gasteiger partial charge in [0.05, 0.1) is 19.8 Å². The number of benzene rings is 1. The van der Waals surface area contributed by atoms with Gasteiger partial charge in [0.2, 0.25) is 0 Å². The number of para-hydroxylation sites is 1. The fourth-order valence-corrected chi connectivity index (χ4v) is 3.93. The van der Waals surface area contributed by atoms with Crippen LogP contribution in [0.15, 0.2) is 41.1 Å². The van der Waals surface area contributed by atoms with Crippen LogP contribution in [0.25, 0.3) is 10.6 Å². The van der Waals surface area contributed by atoms with Crippen LogP contribution in [-0.2, 0) is 6.42 Å². The highest BCUT2D eigenvalue weighted by molar-refractivity contribution is 7.13. The maximum Gasteiger partial charge on any atom is 0.270 e. The summed E-state index contributed by atoms with van der Waals surface area (Å²) < 4.78 is 10.8. The van der Waals surface area contributed by atoms with Crippen LogP contribution in [-0.4, -0.2) is 31.7 Å². The number of nitrogens with one attached hydrogen (secondary N) is 1. The van der Waals surface area contributed by atoms with E-state index in [1.54, 1.807) is 30.9 Å². The highest BCUT2D eigenvalue weighted by Crippen LogP contribution is 2.38. The molecule has 0 bridgehead atoms. The number of amides is 1. The largest absolute Gasteiger partial charge is 0.493 e. The van der Waals surface area contributed by atoms with Gasteiger partial charge in [-0.2, -0.15) is 0 Å². The van der Waals surface area contributed by atoms with Crippen molar-refractivity contribution < 1.29 is 14.3 Å². The van der Waals surface area contributed by atoms with Crippen molar-refractivity contribution in [3.63, 3.8) is 0 Å². The summed E-state index contributed by atoms with van der Waals surface area (Å²) in [6.45, 7) is 0.592. The van der Waals surface area contributed by atoms with Crippen molar-refractivity contribution in [1.82, 2.24) is 10.3 Å². The lowest BCUT2D eigenvalue weighted by Crippen LogP contribution is -2.25. The third-order valence-corrected chi connectivity index (χ3v) is 5.42. The Balaban J connectivity index is 1.71. The third kappa shape index (κ3) is 4.00. The molecule has 0 spiro atoms. The van der Waals surface area contributed by atoms with E-state index in [1.807, 2.05) is 29.6 Å². The molecule has 0 saturated heterocycles. The summed E-state index contributed by atoms with van der Waals surface area (Å²) in [7, 11) is 3.18. The average Bonchev–Trinajstić information content (AvgIpc) is 3.32. The van der Waals surface area contributed by atoms with Gasteiger partial charge in [0.25, 0.3) is 5.91 Å². The molecule has 5 nitrogen and oxygen atoms in total. The second kappa shape index (κ2) is 8.13. The normalized spacial score (nSPS) is 10.5. The molecule has 3 rings (SSSR count). The zero-order chi connectivity index (χ0) is 17.6. The molecule has 1 N–H and O–H groups in total. The molecule has 1 aromatic carbocycles. The first kappa shape index (κ1) is 17.4. The summed E-state index contributed by atoms with van der Waals surface area (Å²) in [6, 6.07) is 9.68. The lowest BCUT2D eigenvalue weighted by Gasteiger charge is -2.10. The van der Waals surface area contributed by atoms with E-state index in [1.165, 1.54) is 16.2 Å². The number of thiophene rings is 1. The summed E-state index contributed by atoms with van der Waals surface area (Å²) in [5.41, 5.74) is 1.22. The highest BCUT2D eigenvalue weighted by atomic mass is 32.1. The highest BCUT2D eigenvalue weighted by Gasteiger charge is 2.17. The van der Waals surface area contributed by atoms with Gasteiger partial charge >= 0.3 is 0 Å². The van der Waals surface area contributed by atoms with E-state index in [-0.39, 0.29) is 5.91 Å². The lowest BCUT2D eigenvalue weighted by atomic mass is 10.2. The monoisotopic (exact) mass is 374 g/mol. The van der Waals surface area contributed by atoms with Crippen LogP contribution >= 0.6 is 22.7 Å². The molecule has 2 aromatic heterocycles. The number of carbonyl (C=O) groups excluding carboxylic acids is 1. The van der Waals surface area contributed by atoms with Crippen LogP contribution in [0.1, 0.15) is 15.4 Å². The Bertz CT molecular complexity index is 844. The molecule has 1 amide bonds. The maximum atomic E-state index is 12.3. The Morgan fingerprint density at radius 3 is 2.76 bits per heavy atom. The Morgan fingerprint density at radius 1 is 1.16 bits per heavy atom. The van der Waals surface area contributed by atoms with Gasteiger partial charge in [0.1, 0.15) is 10.7 Å². The molecule has 2 heterocycles. The number of rotatable bonds is 7. The minimum Gasteiger partial charge on any atom is -0.493 e. The second-order valence-electron chi connectivity index (χ2n) is 5.16. The maximum absolute atomic E-state index is 12.3. The van der Waals surface area contributed by atoms with E-state index in [0.717, 1.165) is 17.0 Å². The number of hydrogen-bond acceptors (Lipinski definition) is 6. The quantitative estimate of drug-likeness (QED) is 0.682. The molecular formula is C18H18N2O3S2. The van der Waals surface area contributed by atoms with E-state index in [0.29, 0.717) is 23.7 Å². The molecule has 130 valence electrons. The SMILES string of the molecule is COc1cccc(-c2nc(C(=O)NCCc3cccs3)cs2)c1OC. The van der Waals surface area contributed by atoms with Crippen molar-refractivity contribution in [1.29, 1.82) is 0 Å². The first-order chi connectivity index (χ1) is 12.2. The van der Waals surface area contributed by atoms with E-state index < -0.39 is 0 Å². The first-order valence-electron chi connectivity index (χ1n) is 7.70. The van der Waals surface area contributed by atoms with Gasteiger partial charge in [0.15, 0.2) is 11.5 Å². The van der Waals surface area contributed by atoms with Crippen molar-refractivity contribution in [2.45, 2.75) is 6.42 Å². The fraction of sp³-hybridized carbons (Fsp3) is 0.222. The van der Waals surface area contributed by atoms with Crippen molar-refractivity contribution in [3.8, 4) is 22.1 Å². The predicted octanol–water partition coefficient (Wildman–Crippen LogP) is 3.86. The summed E-state index contributed by atoms with van der Waals surface area (Å²) in [4.78, 5) is 18.0. The van der Waals surface area contributed by atoms with Crippen molar-refractivity contribution in [2.75, 3.05) is 20.8 Å². The van der Waals surface area contributed by atoms with E-state index in [2.05, 4.69) is 16.4 Å². The number of nitrogens with zero attached hydrogens (tertiary/aromatic N) is 1. The molecule has 0 unspecified atom stereocenters. The summed E-state index contributed by atoms with van der Waals surface area (Å²) in [5.74, 6) is 1.09. The molecule has 7 heteroatoms. The molecule has 0 aliphatic heterocycles. The minimum atomic E-state index is -0.166. The summed E-state index contributed by atoms with van der Waals surface area (Å²) in [5, 5.41) is 7.42. The lowest BCUT2D eigenvalue weighted by molar-refractivity contribution is 0.0950. The van der Waals surface area contributed by atoms with Crippen molar-refractivity contribution in [2.24, 2.45) is 0 Å². The molecule has 0 fully saturated rings. The van der Waals surface area contributed by atoms with Gasteiger partial charge in [0, 0.05) is 16.8 Å². The van der Waals surface area contributed by atoms with Crippen LogP contribution < -0.4 is 14.8 Å². The predicted molar refractivity (Wildman–Crippen MR) is 101 cm³/mol. The van der Waals surface area contributed by atoms with Crippen molar-refractivity contribution >= 4 is 28.6 Å². The minimum absolute atomic E-state index is 0.166.